The van der Waals surface area contributed by atoms with Crippen molar-refractivity contribution in [2.45, 2.75) is 12.3 Å². The molecule has 1 aliphatic carbocycles. The molecule has 0 saturated heterocycles. The van der Waals surface area contributed by atoms with E-state index >= 15 is 0 Å². The molecule has 1 aromatic carbocycles. The third-order valence-electron chi connectivity index (χ3n) is 2.10. The Balaban J connectivity index is 0.000000204. The van der Waals surface area contributed by atoms with E-state index in [1.165, 1.54) is 13.0 Å². The van der Waals surface area contributed by atoms with Gasteiger partial charge in [0, 0.05) is 6.92 Å². The maximum absolute atomic E-state index is 10.7. The first-order valence-electron chi connectivity index (χ1n) is 5.57. The molecule has 0 aromatic heterocycles. The van der Waals surface area contributed by atoms with Crippen molar-refractivity contribution in [2.24, 2.45) is 0 Å². The van der Waals surface area contributed by atoms with Crippen LogP contribution in [0, 0.1) is 3.57 Å². The second-order valence-electron chi connectivity index (χ2n) is 3.69. The molecule has 2 rings (SSSR count). The number of ether oxygens (including phenoxy) is 1. The van der Waals surface area contributed by atoms with Crippen molar-refractivity contribution in [3.8, 4) is 5.75 Å². The molecule has 0 spiro atoms. The van der Waals surface area contributed by atoms with E-state index in [0.29, 0.717) is 5.75 Å². The van der Waals surface area contributed by atoms with Crippen LogP contribution in [0.25, 0.3) is 0 Å². The summed E-state index contributed by atoms with van der Waals surface area (Å²) in [6.07, 6.45) is 4.79. The number of carbonyl (C=O) groups is 2. The zero-order chi connectivity index (χ0) is 15.1. The van der Waals surface area contributed by atoms with Crippen LogP contribution in [0.2, 0.25) is 0 Å². The zero-order valence-electron chi connectivity index (χ0n) is 10.5. The molecule has 0 bridgehead atoms. The Morgan fingerprint density at radius 3 is 2.50 bits per heavy atom. The normalized spacial score (nSPS) is 16.9. The fourth-order valence-electron chi connectivity index (χ4n) is 1.22. The average molecular weight is 425 g/mol. The summed E-state index contributed by atoms with van der Waals surface area (Å²) in [6.45, 7) is 1.39. The molecule has 3 nitrogen and oxygen atoms in total. The molecule has 0 heterocycles. The highest BCUT2D eigenvalue weighted by molar-refractivity contribution is 14.1. The number of benzene rings is 1. The minimum atomic E-state index is -0.567. The van der Waals surface area contributed by atoms with Crippen molar-refractivity contribution >= 4 is 57.5 Å². The van der Waals surface area contributed by atoms with Gasteiger partial charge in [0.25, 0.3) is 0 Å². The molecule has 1 aliphatic rings. The van der Waals surface area contributed by atoms with Gasteiger partial charge in [-0.25, -0.2) is 0 Å². The lowest BCUT2D eigenvalue weighted by Crippen LogP contribution is -2.13. The summed E-state index contributed by atoms with van der Waals surface area (Å²) < 4.78 is 5.84. The molecule has 0 amide bonds. The maximum Gasteiger partial charge on any atom is 0.308 e. The number of carbonyl (C=O) groups excluding carboxylic acids is 2. The van der Waals surface area contributed by atoms with E-state index in [0.717, 1.165) is 3.57 Å². The van der Waals surface area contributed by atoms with Crippen molar-refractivity contribution < 1.29 is 14.3 Å². The second-order valence-corrected chi connectivity index (χ2v) is 5.73. The van der Waals surface area contributed by atoms with Gasteiger partial charge >= 0.3 is 5.97 Å². The van der Waals surface area contributed by atoms with Gasteiger partial charge < -0.3 is 4.74 Å². The quantitative estimate of drug-likeness (QED) is 0.295. The van der Waals surface area contributed by atoms with Crippen molar-refractivity contribution in [1.29, 1.82) is 0 Å². The molecule has 6 heteroatoms. The van der Waals surface area contributed by atoms with E-state index < -0.39 is 5.38 Å². The molecule has 1 atom stereocenters. The van der Waals surface area contributed by atoms with Gasteiger partial charge in [0.05, 0.1) is 8.60 Å². The number of ketones is 1. The van der Waals surface area contributed by atoms with Crippen molar-refractivity contribution in [3.63, 3.8) is 0 Å². The van der Waals surface area contributed by atoms with Gasteiger partial charge in [-0.15, -0.1) is 11.6 Å². The fraction of sp³-hybridized carbons (Fsp3) is 0.143. The lowest BCUT2D eigenvalue weighted by Gasteiger charge is -2.04. The molecule has 20 heavy (non-hydrogen) atoms. The Kier molecular flexibility index (Phi) is 7.26. The lowest BCUT2D eigenvalue weighted by molar-refractivity contribution is -0.131. The van der Waals surface area contributed by atoms with E-state index in [2.05, 4.69) is 22.6 Å². The predicted molar refractivity (Wildman–Crippen MR) is 88.2 cm³/mol. The highest BCUT2D eigenvalue weighted by Gasteiger charge is 2.17. The molecule has 0 N–H and O–H groups in total. The first-order chi connectivity index (χ1) is 9.41. The van der Waals surface area contributed by atoms with Gasteiger partial charge in [-0.3, -0.25) is 9.59 Å². The predicted octanol–water partition coefficient (Wildman–Crippen LogP) is 4.07. The highest BCUT2D eigenvalue weighted by Crippen LogP contribution is 2.19. The third-order valence-corrected chi connectivity index (χ3v) is 3.65. The number of halogens is 3. The molecule has 0 saturated carbocycles. The third kappa shape index (κ3) is 5.64. The van der Waals surface area contributed by atoms with Crippen LogP contribution < -0.4 is 4.74 Å². The van der Waals surface area contributed by atoms with Crippen LogP contribution in [0.5, 0.6) is 5.75 Å². The molecular formula is C14H11Cl2IO3. The molecule has 1 aromatic rings. The summed E-state index contributed by atoms with van der Waals surface area (Å²) in [4.78, 5) is 21.3. The summed E-state index contributed by atoms with van der Waals surface area (Å²) in [7, 11) is 0. The molecule has 0 aliphatic heterocycles. The fourth-order valence-corrected chi connectivity index (χ4v) is 2.17. The van der Waals surface area contributed by atoms with E-state index in [1.807, 2.05) is 18.2 Å². The monoisotopic (exact) mass is 424 g/mol. The standard InChI is InChI=1S/C8H7IO2.C6H4Cl2O/c1-6(10)11-8-5-3-2-4-7(8)9;7-4-2-1-3-5(8)6(4)9/h2-5H,1H3;1-4H. The number of para-hydroxylation sites is 1. The Hall–Kier alpha value is -0.850. The Labute approximate surface area is 140 Å². The van der Waals surface area contributed by atoms with Crippen LogP contribution >= 0.6 is 45.8 Å². The van der Waals surface area contributed by atoms with Gasteiger partial charge in [-0.1, -0.05) is 35.9 Å². The number of Topliss-reactive ketones (excluding diaryl/α,β-unsaturated/α-hetero) is 1. The van der Waals surface area contributed by atoms with Crippen LogP contribution in [0.4, 0.5) is 0 Å². The number of esters is 1. The average Bonchev–Trinajstić information content (AvgIpc) is 2.39. The summed E-state index contributed by atoms with van der Waals surface area (Å²) in [5.41, 5.74) is 0. The molecule has 0 radical (unpaired) electrons. The summed E-state index contributed by atoms with van der Waals surface area (Å²) >= 11 is 13.1. The molecule has 0 fully saturated rings. The number of rotatable bonds is 1. The smallest absolute Gasteiger partial charge is 0.308 e. The minimum absolute atomic E-state index is 0.206. The zero-order valence-corrected chi connectivity index (χ0v) is 14.1. The summed E-state index contributed by atoms with van der Waals surface area (Å²) in [5, 5.41) is -0.361. The van der Waals surface area contributed by atoms with Gasteiger partial charge in [0.1, 0.15) is 11.1 Å². The van der Waals surface area contributed by atoms with E-state index in [4.69, 9.17) is 27.9 Å². The van der Waals surface area contributed by atoms with Gasteiger partial charge in [-0.05, 0) is 40.8 Å². The molecular weight excluding hydrogens is 414 g/mol. The van der Waals surface area contributed by atoms with Gasteiger partial charge in [0.2, 0.25) is 0 Å². The van der Waals surface area contributed by atoms with Gasteiger partial charge in [0.15, 0.2) is 5.78 Å². The first kappa shape index (κ1) is 17.2. The Morgan fingerprint density at radius 2 is 2.00 bits per heavy atom. The summed E-state index contributed by atoms with van der Waals surface area (Å²) in [5.74, 6) is 0.121. The Morgan fingerprint density at radius 1 is 1.35 bits per heavy atom. The van der Waals surface area contributed by atoms with E-state index in [1.54, 1.807) is 18.2 Å². The SMILES string of the molecule is CC(=O)Oc1ccccc1I.O=C1C(Cl)=CC=CC1Cl. The largest absolute Gasteiger partial charge is 0.426 e. The lowest BCUT2D eigenvalue weighted by atomic mass is 10.2. The van der Waals surface area contributed by atoms with Crippen LogP contribution in [-0.2, 0) is 9.59 Å². The minimum Gasteiger partial charge on any atom is -0.426 e. The van der Waals surface area contributed by atoms with Gasteiger partial charge in [-0.2, -0.15) is 0 Å². The number of hydrogen-bond donors (Lipinski definition) is 0. The van der Waals surface area contributed by atoms with Crippen LogP contribution in [0.3, 0.4) is 0 Å². The van der Waals surface area contributed by atoms with E-state index in [-0.39, 0.29) is 16.8 Å². The van der Waals surface area contributed by atoms with Crippen LogP contribution in [0.1, 0.15) is 6.92 Å². The van der Waals surface area contributed by atoms with Crippen LogP contribution in [0.15, 0.2) is 47.5 Å². The Bertz CT molecular complexity index is 567. The maximum atomic E-state index is 10.7. The van der Waals surface area contributed by atoms with Crippen molar-refractivity contribution in [2.75, 3.05) is 0 Å². The number of alkyl halides is 1. The second kappa shape index (κ2) is 8.44. The highest BCUT2D eigenvalue weighted by atomic mass is 127. The summed E-state index contributed by atoms with van der Waals surface area (Å²) in [6, 6.07) is 7.39. The number of hydrogen-bond acceptors (Lipinski definition) is 3. The first-order valence-corrected chi connectivity index (χ1v) is 7.46. The molecule has 106 valence electrons. The topological polar surface area (TPSA) is 43.4 Å². The molecule has 1 unspecified atom stereocenters. The number of allylic oxidation sites excluding steroid dienone is 4. The van der Waals surface area contributed by atoms with Crippen LogP contribution in [-0.4, -0.2) is 17.1 Å². The van der Waals surface area contributed by atoms with Crippen molar-refractivity contribution in [3.05, 3.63) is 51.1 Å². The van der Waals surface area contributed by atoms with Crippen molar-refractivity contribution in [1.82, 2.24) is 0 Å². The van der Waals surface area contributed by atoms with E-state index in [9.17, 15) is 9.59 Å².